The predicted molar refractivity (Wildman–Crippen MR) is 237 cm³/mol. The van der Waals surface area contributed by atoms with E-state index in [4.69, 9.17) is 9.47 Å². The highest BCUT2D eigenvalue weighted by molar-refractivity contribution is 7.90. The van der Waals surface area contributed by atoms with Gasteiger partial charge in [-0.05, 0) is 78.9 Å². The topological polar surface area (TPSA) is 170 Å². The number of ether oxygens (including phenoxy) is 2. The maximum Gasteiger partial charge on any atom is 0.301 e. The molecule has 65 heavy (non-hydrogen) atoms. The fourth-order valence-electron chi connectivity index (χ4n) is 8.76. The van der Waals surface area contributed by atoms with Crippen LogP contribution in [-0.2, 0) is 26.3 Å². The number of piperazine rings is 1. The van der Waals surface area contributed by atoms with Gasteiger partial charge in [-0.1, -0.05) is 18.7 Å². The zero-order valence-corrected chi connectivity index (χ0v) is 36.1. The number of allylic oxidation sites excluding steroid dienone is 1. The number of carbonyl (C=O) groups excluding carboxylic acids is 3. The van der Waals surface area contributed by atoms with E-state index in [1.54, 1.807) is 29.3 Å². The van der Waals surface area contributed by atoms with Crippen LogP contribution in [0.5, 0.6) is 5.75 Å². The normalized spacial score (nSPS) is 19.5. The van der Waals surface area contributed by atoms with E-state index in [0.29, 0.717) is 72.8 Å². The fourth-order valence-corrected chi connectivity index (χ4v) is 10.0. The van der Waals surface area contributed by atoms with E-state index in [2.05, 4.69) is 31.7 Å². The molecule has 19 heteroatoms. The van der Waals surface area contributed by atoms with E-state index in [-0.39, 0.29) is 36.9 Å². The molecular weight excluding hydrogens is 866 g/mol. The first-order chi connectivity index (χ1) is 31.3. The molecule has 2 aromatic heterocycles. The van der Waals surface area contributed by atoms with E-state index in [9.17, 15) is 27.2 Å². The summed E-state index contributed by atoms with van der Waals surface area (Å²) in [4.78, 5) is 52.8. The zero-order valence-electron chi connectivity index (χ0n) is 35.3. The molecule has 0 spiro atoms. The van der Waals surface area contributed by atoms with Crippen molar-refractivity contribution >= 4 is 50.2 Å². The van der Waals surface area contributed by atoms with Gasteiger partial charge in [-0.2, -0.15) is 12.7 Å². The van der Waals surface area contributed by atoms with Crippen LogP contribution < -0.4 is 19.7 Å². The first-order valence-corrected chi connectivity index (χ1v) is 22.9. The first-order valence-electron chi connectivity index (χ1n) is 21.5. The predicted octanol–water partition coefficient (Wildman–Crippen LogP) is 5.41. The van der Waals surface area contributed by atoms with Crippen LogP contribution in [0, 0.1) is 11.6 Å². The highest BCUT2D eigenvalue weighted by atomic mass is 32.2. The van der Waals surface area contributed by atoms with Crippen molar-refractivity contribution in [1.82, 2.24) is 29.4 Å². The Bertz CT molecular complexity index is 2780. The van der Waals surface area contributed by atoms with Crippen molar-refractivity contribution in [3.63, 3.8) is 0 Å². The molecule has 2 atom stereocenters. The molecule has 4 aliphatic heterocycles. The van der Waals surface area contributed by atoms with Gasteiger partial charge in [-0.3, -0.25) is 24.0 Å². The number of H-pyrrole nitrogens is 1. The number of ketones is 1. The summed E-state index contributed by atoms with van der Waals surface area (Å²) < 4.78 is 84.8. The summed E-state index contributed by atoms with van der Waals surface area (Å²) in [5, 5.41) is 3.08. The molecule has 3 aromatic carbocycles. The van der Waals surface area contributed by atoms with Gasteiger partial charge in [0.05, 0.1) is 24.5 Å². The number of aromatic nitrogens is 2. The summed E-state index contributed by atoms with van der Waals surface area (Å²) in [7, 11) is -4.36. The number of nitrogens with zero attached hydrogens (tertiary/aromatic N) is 5. The van der Waals surface area contributed by atoms with Crippen molar-refractivity contribution in [2.24, 2.45) is 0 Å². The van der Waals surface area contributed by atoms with Gasteiger partial charge in [0.1, 0.15) is 36.0 Å². The van der Waals surface area contributed by atoms with Crippen molar-refractivity contribution in [2.45, 2.75) is 38.0 Å². The number of piperidine rings is 1. The number of carbonyl (C=O) groups is 3. The Kier molecular flexibility index (Phi) is 12.4. The third kappa shape index (κ3) is 9.18. The Labute approximate surface area is 373 Å². The Hall–Kier alpha value is -6.28. The Balaban J connectivity index is 0.742. The van der Waals surface area contributed by atoms with Gasteiger partial charge in [0, 0.05) is 98.2 Å². The number of halogens is 3. The molecule has 9 rings (SSSR count). The SMILES string of the molecule is C=C1CCC(N2Cc3cc(OCCOCCN4CCN(c5ccc(-c6cnc7[nH]cc(C(=O)c8c(F)ccc(NS(=O)(=O)N9CC[C@@H](F)C9)c8F)c7c6)cc5)CC4)ccc3C2=O)C(=O)N1. The van der Waals surface area contributed by atoms with E-state index in [1.165, 1.54) is 6.20 Å². The first kappa shape index (κ1) is 43.9. The zero-order chi connectivity index (χ0) is 45.4. The van der Waals surface area contributed by atoms with Crippen molar-refractivity contribution in [1.29, 1.82) is 0 Å². The number of anilines is 2. The molecule has 0 bridgehead atoms. The monoisotopic (exact) mass is 912 g/mol. The van der Waals surface area contributed by atoms with Gasteiger partial charge in [0.15, 0.2) is 5.82 Å². The summed E-state index contributed by atoms with van der Waals surface area (Å²) in [6.07, 6.45) is 2.79. The average molecular weight is 913 g/mol. The molecule has 5 aromatic rings. The number of pyridine rings is 1. The number of hydrogen-bond acceptors (Lipinski definition) is 10. The molecule has 15 nitrogen and oxygen atoms in total. The van der Waals surface area contributed by atoms with Crippen LogP contribution >= 0.6 is 0 Å². The molecule has 3 N–H and O–H groups in total. The maximum atomic E-state index is 15.7. The summed E-state index contributed by atoms with van der Waals surface area (Å²) in [6.45, 7) is 9.11. The van der Waals surface area contributed by atoms with Crippen molar-refractivity contribution in [3.05, 3.63) is 119 Å². The molecule has 2 amide bonds. The summed E-state index contributed by atoms with van der Waals surface area (Å²) in [6, 6.07) is 16.2. The summed E-state index contributed by atoms with van der Waals surface area (Å²) in [5.74, 6) is -3.27. The van der Waals surface area contributed by atoms with Crippen LogP contribution in [0.25, 0.3) is 22.2 Å². The van der Waals surface area contributed by atoms with Gasteiger partial charge in [0.25, 0.3) is 5.91 Å². The number of hydrogen-bond donors (Lipinski definition) is 3. The Morgan fingerprint density at radius 2 is 1.74 bits per heavy atom. The maximum absolute atomic E-state index is 15.7. The Morgan fingerprint density at radius 3 is 2.49 bits per heavy atom. The quantitative estimate of drug-likeness (QED) is 0.0913. The second-order valence-corrected chi connectivity index (χ2v) is 18.2. The lowest BCUT2D eigenvalue weighted by molar-refractivity contribution is -0.126. The van der Waals surface area contributed by atoms with Crippen LogP contribution in [0.3, 0.4) is 0 Å². The minimum atomic E-state index is -4.36. The number of amides is 2. The largest absolute Gasteiger partial charge is 0.491 e. The highest BCUT2D eigenvalue weighted by Crippen LogP contribution is 2.33. The van der Waals surface area contributed by atoms with Gasteiger partial charge in [0.2, 0.25) is 11.7 Å². The van der Waals surface area contributed by atoms with Crippen molar-refractivity contribution in [3.8, 4) is 16.9 Å². The van der Waals surface area contributed by atoms with Gasteiger partial charge >= 0.3 is 10.2 Å². The fraction of sp³-hybridized carbons (Fsp3) is 0.348. The van der Waals surface area contributed by atoms with Crippen molar-refractivity contribution < 1.29 is 45.4 Å². The number of aromatic amines is 1. The smallest absolute Gasteiger partial charge is 0.301 e. The average Bonchev–Trinajstić information content (AvgIpc) is 4.03. The molecule has 3 fully saturated rings. The Morgan fingerprint density at radius 1 is 0.938 bits per heavy atom. The number of rotatable bonds is 15. The number of alkyl halides is 1. The van der Waals surface area contributed by atoms with E-state index in [1.807, 2.05) is 35.1 Å². The van der Waals surface area contributed by atoms with Gasteiger partial charge in [-0.15, -0.1) is 0 Å². The third-order valence-electron chi connectivity index (χ3n) is 12.4. The lowest BCUT2D eigenvalue weighted by atomic mass is 9.99. The molecule has 1 unspecified atom stereocenters. The minimum absolute atomic E-state index is 0.00165. The lowest BCUT2D eigenvalue weighted by Crippen LogP contribution is -2.49. The molecule has 0 saturated carbocycles. The third-order valence-corrected chi connectivity index (χ3v) is 13.8. The van der Waals surface area contributed by atoms with Crippen molar-refractivity contribution in [2.75, 3.05) is 75.3 Å². The molecule has 340 valence electrons. The second-order valence-electron chi connectivity index (χ2n) is 16.5. The number of fused-ring (bicyclic) bond motifs is 2. The van der Waals surface area contributed by atoms with Gasteiger partial charge < -0.3 is 29.6 Å². The molecule has 6 heterocycles. The summed E-state index contributed by atoms with van der Waals surface area (Å²) >= 11 is 0. The van der Waals surface area contributed by atoms with Crippen LogP contribution in [-0.4, -0.2) is 128 Å². The summed E-state index contributed by atoms with van der Waals surface area (Å²) in [5.41, 5.74) is 3.31. The van der Waals surface area contributed by atoms with Crippen LogP contribution in [0.15, 0.2) is 85.3 Å². The van der Waals surface area contributed by atoms with E-state index >= 15 is 8.78 Å². The van der Waals surface area contributed by atoms with E-state index < -0.39 is 51.1 Å². The van der Waals surface area contributed by atoms with E-state index in [0.717, 1.165) is 66.0 Å². The molecule has 0 aliphatic carbocycles. The number of nitrogens with one attached hydrogen (secondary N) is 3. The van der Waals surface area contributed by atoms with Gasteiger partial charge in [-0.25, -0.2) is 18.2 Å². The highest BCUT2D eigenvalue weighted by Gasteiger charge is 2.38. The van der Waals surface area contributed by atoms with Crippen LogP contribution in [0.2, 0.25) is 0 Å². The molecular formula is C46H47F3N8O7S. The number of benzene rings is 3. The second kappa shape index (κ2) is 18.3. The molecule has 4 aliphatic rings. The van der Waals surface area contributed by atoms with Crippen LogP contribution in [0.1, 0.15) is 51.1 Å². The van der Waals surface area contributed by atoms with Crippen LogP contribution in [0.4, 0.5) is 24.5 Å². The minimum Gasteiger partial charge on any atom is -0.491 e. The standard InChI is InChI=1S/C46H47F3N8O7S/c1-28-2-11-40(45(59)52-28)57-26-31-22-34(7-8-35(31)46(57)60)64-21-20-63-19-18-54-14-16-55(17-15-54)33-5-3-29(4-6-33)30-23-36-37(25-51-44(36)50-24-30)43(58)41-38(48)9-10-39(42(41)49)53-65(61,62)56-13-12-32(47)27-56/h3-10,22-25,32,40,53H,1-2,11-21,26-27H2,(H,50,51)(H,52,59)/t32-,40?/m1/s1. The lowest BCUT2D eigenvalue weighted by Gasteiger charge is -2.36. The molecule has 3 saturated heterocycles. The molecule has 0 radical (unpaired) electrons.